The highest BCUT2D eigenvalue weighted by molar-refractivity contribution is 7.13. The van der Waals surface area contributed by atoms with Gasteiger partial charge in [0.1, 0.15) is 5.69 Å². The van der Waals surface area contributed by atoms with Gasteiger partial charge in [0.05, 0.1) is 30.6 Å². The lowest BCUT2D eigenvalue weighted by Crippen LogP contribution is -2.36. The standard InChI is InChI=1S/C17H17N5O2S/c1-12(14-4-2-13(10-18)3-5-14)20-21-16(23)15-11-25-17(19-15)22-6-8-24-9-7-22/h2-5,11H,6-9H2,1H3,(H,21,23). The fourth-order valence-electron chi connectivity index (χ4n) is 2.31. The Balaban J connectivity index is 1.63. The minimum atomic E-state index is -0.344. The van der Waals surface area contributed by atoms with Gasteiger partial charge in [-0.2, -0.15) is 10.4 Å². The van der Waals surface area contributed by atoms with Crippen LogP contribution in [0.5, 0.6) is 0 Å². The molecule has 0 atom stereocenters. The van der Waals surface area contributed by atoms with Gasteiger partial charge in [-0.3, -0.25) is 4.79 Å². The smallest absolute Gasteiger partial charge is 0.290 e. The molecule has 2 aromatic rings. The van der Waals surface area contributed by atoms with E-state index in [-0.39, 0.29) is 5.91 Å². The molecule has 1 aliphatic heterocycles. The molecule has 0 unspecified atom stereocenters. The number of morpholine rings is 1. The van der Waals surface area contributed by atoms with E-state index in [0.29, 0.717) is 30.2 Å². The number of amides is 1. The number of rotatable bonds is 4. The maximum Gasteiger partial charge on any atom is 0.290 e. The number of ether oxygens (including phenoxy) is 1. The Bertz CT molecular complexity index is 816. The van der Waals surface area contributed by atoms with Gasteiger partial charge in [-0.05, 0) is 24.6 Å². The van der Waals surface area contributed by atoms with Crippen LogP contribution >= 0.6 is 11.3 Å². The molecule has 1 aliphatic rings. The van der Waals surface area contributed by atoms with Gasteiger partial charge < -0.3 is 9.64 Å². The number of carbonyl (C=O) groups excluding carboxylic acids is 1. The molecule has 1 amide bonds. The molecule has 25 heavy (non-hydrogen) atoms. The van der Waals surface area contributed by atoms with Crippen LogP contribution in [0, 0.1) is 11.3 Å². The topological polar surface area (TPSA) is 90.6 Å². The van der Waals surface area contributed by atoms with E-state index >= 15 is 0 Å². The summed E-state index contributed by atoms with van der Waals surface area (Å²) in [6, 6.07) is 9.08. The van der Waals surface area contributed by atoms with E-state index in [1.807, 2.05) is 0 Å². The van der Waals surface area contributed by atoms with Gasteiger partial charge >= 0.3 is 0 Å². The van der Waals surface area contributed by atoms with Gasteiger partial charge in [0.2, 0.25) is 0 Å². The summed E-state index contributed by atoms with van der Waals surface area (Å²) in [6.07, 6.45) is 0. The average molecular weight is 355 g/mol. The Kier molecular flexibility index (Phi) is 5.38. The van der Waals surface area contributed by atoms with E-state index in [1.165, 1.54) is 11.3 Å². The lowest BCUT2D eigenvalue weighted by molar-refractivity contribution is 0.0950. The van der Waals surface area contributed by atoms with Crippen LogP contribution in [0.15, 0.2) is 34.7 Å². The van der Waals surface area contributed by atoms with Crippen molar-refractivity contribution >= 4 is 28.1 Å². The first-order valence-electron chi connectivity index (χ1n) is 7.81. The molecular weight excluding hydrogens is 338 g/mol. The molecule has 3 rings (SSSR count). The third-order valence-corrected chi connectivity index (χ3v) is 4.66. The molecule has 1 aromatic heterocycles. The zero-order valence-corrected chi connectivity index (χ0v) is 14.5. The molecule has 0 aliphatic carbocycles. The predicted molar refractivity (Wildman–Crippen MR) is 96.0 cm³/mol. The first kappa shape index (κ1) is 17.1. The first-order valence-corrected chi connectivity index (χ1v) is 8.69. The van der Waals surface area contributed by atoms with Crippen LogP contribution in [0.4, 0.5) is 5.13 Å². The number of nitrogens with zero attached hydrogens (tertiary/aromatic N) is 4. The number of hydrazone groups is 1. The Morgan fingerprint density at radius 2 is 2.08 bits per heavy atom. The predicted octanol–water partition coefficient (Wildman–Crippen LogP) is 2.01. The van der Waals surface area contributed by atoms with Gasteiger partial charge in [0.15, 0.2) is 5.13 Å². The SMILES string of the molecule is CC(=NNC(=O)c1csc(N2CCOCC2)n1)c1ccc(C#N)cc1. The number of anilines is 1. The lowest BCUT2D eigenvalue weighted by Gasteiger charge is -2.25. The second-order valence-corrected chi connectivity index (χ2v) is 6.28. The summed E-state index contributed by atoms with van der Waals surface area (Å²) in [4.78, 5) is 18.7. The van der Waals surface area contributed by atoms with E-state index in [1.54, 1.807) is 36.6 Å². The van der Waals surface area contributed by atoms with E-state index < -0.39 is 0 Å². The zero-order valence-electron chi connectivity index (χ0n) is 13.7. The van der Waals surface area contributed by atoms with Crippen molar-refractivity contribution in [2.24, 2.45) is 5.10 Å². The van der Waals surface area contributed by atoms with Crippen molar-refractivity contribution in [2.45, 2.75) is 6.92 Å². The van der Waals surface area contributed by atoms with E-state index in [2.05, 4.69) is 26.5 Å². The summed E-state index contributed by atoms with van der Waals surface area (Å²) in [7, 11) is 0. The first-order chi connectivity index (χ1) is 12.2. The Hall–Kier alpha value is -2.76. The Morgan fingerprint density at radius 3 is 2.76 bits per heavy atom. The maximum atomic E-state index is 12.2. The number of aromatic nitrogens is 1. The molecule has 1 aromatic carbocycles. The van der Waals surface area contributed by atoms with Crippen LogP contribution in [0.2, 0.25) is 0 Å². The minimum absolute atomic E-state index is 0.344. The fraction of sp³-hybridized carbons (Fsp3) is 0.294. The van der Waals surface area contributed by atoms with Crippen molar-refractivity contribution in [3.8, 4) is 6.07 Å². The third-order valence-electron chi connectivity index (χ3n) is 3.76. The summed E-state index contributed by atoms with van der Waals surface area (Å²) in [5.41, 5.74) is 4.95. The lowest BCUT2D eigenvalue weighted by atomic mass is 10.1. The minimum Gasteiger partial charge on any atom is -0.378 e. The molecular formula is C17H17N5O2S. The molecule has 0 saturated carbocycles. The third kappa shape index (κ3) is 4.21. The molecule has 0 radical (unpaired) electrons. The number of carbonyl (C=O) groups is 1. The quantitative estimate of drug-likeness (QED) is 0.669. The van der Waals surface area contributed by atoms with Crippen LogP contribution in [0.25, 0.3) is 0 Å². The van der Waals surface area contributed by atoms with Crippen molar-refractivity contribution in [1.82, 2.24) is 10.4 Å². The number of thiazole rings is 1. The highest BCUT2D eigenvalue weighted by Crippen LogP contribution is 2.21. The molecule has 1 fully saturated rings. The van der Waals surface area contributed by atoms with Crippen LogP contribution < -0.4 is 10.3 Å². The number of nitriles is 1. The molecule has 7 nitrogen and oxygen atoms in total. The fourth-order valence-corrected chi connectivity index (χ4v) is 3.17. The normalized spacial score (nSPS) is 14.9. The van der Waals surface area contributed by atoms with Gasteiger partial charge in [0, 0.05) is 18.5 Å². The van der Waals surface area contributed by atoms with Crippen LogP contribution in [0.3, 0.4) is 0 Å². The average Bonchev–Trinajstić information content (AvgIpc) is 3.17. The van der Waals surface area contributed by atoms with Crippen molar-refractivity contribution < 1.29 is 9.53 Å². The highest BCUT2D eigenvalue weighted by Gasteiger charge is 2.17. The summed E-state index contributed by atoms with van der Waals surface area (Å²) < 4.78 is 5.32. The zero-order chi connectivity index (χ0) is 17.6. The summed E-state index contributed by atoms with van der Waals surface area (Å²) in [5, 5.41) is 15.5. The van der Waals surface area contributed by atoms with Gasteiger partial charge in [-0.25, -0.2) is 10.4 Å². The summed E-state index contributed by atoms with van der Waals surface area (Å²) in [5.74, 6) is -0.344. The van der Waals surface area contributed by atoms with Crippen molar-refractivity contribution in [2.75, 3.05) is 31.2 Å². The van der Waals surface area contributed by atoms with E-state index in [4.69, 9.17) is 10.00 Å². The molecule has 2 heterocycles. The monoisotopic (exact) mass is 355 g/mol. The largest absolute Gasteiger partial charge is 0.378 e. The molecule has 0 spiro atoms. The van der Waals surface area contributed by atoms with Gasteiger partial charge in [-0.1, -0.05) is 12.1 Å². The second-order valence-electron chi connectivity index (χ2n) is 5.44. The number of benzene rings is 1. The Labute approximate surface area is 149 Å². The number of hydrogen-bond donors (Lipinski definition) is 1. The Morgan fingerprint density at radius 1 is 1.36 bits per heavy atom. The molecule has 128 valence electrons. The van der Waals surface area contributed by atoms with Crippen LogP contribution in [0.1, 0.15) is 28.5 Å². The number of hydrogen-bond acceptors (Lipinski definition) is 7. The van der Waals surface area contributed by atoms with Crippen molar-refractivity contribution in [3.05, 3.63) is 46.5 Å². The second kappa shape index (κ2) is 7.88. The molecule has 0 bridgehead atoms. The van der Waals surface area contributed by atoms with E-state index in [9.17, 15) is 4.79 Å². The molecule has 1 N–H and O–H groups in total. The molecule has 1 saturated heterocycles. The maximum absolute atomic E-state index is 12.2. The van der Waals surface area contributed by atoms with Crippen LogP contribution in [-0.4, -0.2) is 42.9 Å². The number of nitrogens with one attached hydrogen (secondary N) is 1. The van der Waals surface area contributed by atoms with Crippen molar-refractivity contribution in [3.63, 3.8) is 0 Å². The van der Waals surface area contributed by atoms with Gasteiger partial charge in [0.25, 0.3) is 5.91 Å². The van der Waals surface area contributed by atoms with Crippen molar-refractivity contribution in [1.29, 1.82) is 5.26 Å². The highest BCUT2D eigenvalue weighted by atomic mass is 32.1. The summed E-state index contributed by atoms with van der Waals surface area (Å²) >= 11 is 1.44. The van der Waals surface area contributed by atoms with Gasteiger partial charge in [-0.15, -0.1) is 11.3 Å². The summed E-state index contributed by atoms with van der Waals surface area (Å²) in [6.45, 7) is 4.71. The van der Waals surface area contributed by atoms with Crippen LogP contribution in [-0.2, 0) is 4.74 Å². The molecule has 8 heteroatoms. The van der Waals surface area contributed by atoms with E-state index in [0.717, 1.165) is 23.8 Å².